The summed E-state index contributed by atoms with van der Waals surface area (Å²) in [4.78, 5) is 17.9. The molecule has 1 aromatic rings. The first kappa shape index (κ1) is 15.3. The van der Waals surface area contributed by atoms with Crippen LogP contribution in [0, 0.1) is 0 Å². The third-order valence-corrected chi connectivity index (χ3v) is 4.12. The van der Waals surface area contributed by atoms with E-state index in [0.717, 1.165) is 25.4 Å². The van der Waals surface area contributed by atoms with E-state index in [1.54, 1.807) is 24.2 Å². The van der Waals surface area contributed by atoms with Crippen LogP contribution in [0.4, 0.5) is 0 Å². The van der Waals surface area contributed by atoms with Crippen molar-refractivity contribution in [2.75, 3.05) is 39.0 Å². The molecule has 20 heavy (non-hydrogen) atoms. The Morgan fingerprint density at radius 1 is 1.55 bits per heavy atom. The minimum atomic E-state index is 0.0703. The van der Waals surface area contributed by atoms with Gasteiger partial charge < -0.3 is 15.0 Å². The van der Waals surface area contributed by atoms with E-state index in [-0.39, 0.29) is 12.0 Å². The van der Waals surface area contributed by atoms with Gasteiger partial charge in [-0.25, -0.2) is 0 Å². The quantitative estimate of drug-likeness (QED) is 0.840. The second-order valence-electron chi connectivity index (χ2n) is 4.91. The number of hydrogen-bond acceptors (Lipinski definition) is 5. The SMILES string of the molecule is CN1CCO[C@@H](CNC(=O)CSCc2ccncc2)C1. The van der Waals surface area contributed by atoms with E-state index in [2.05, 4.69) is 22.2 Å². The van der Waals surface area contributed by atoms with E-state index < -0.39 is 0 Å². The molecule has 0 saturated carbocycles. The van der Waals surface area contributed by atoms with Crippen LogP contribution in [-0.2, 0) is 15.3 Å². The number of thioether (sulfide) groups is 1. The van der Waals surface area contributed by atoms with E-state index in [4.69, 9.17) is 4.74 Å². The van der Waals surface area contributed by atoms with Gasteiger partial charge in [-0.05, 0) is 24.7 Å². The zero-order valence-electron chi connectivity index (χ0n) is 11.7. The van der Waals surface area contributed by atoms with Crippen molar-refractivity contribution in [1.29, 1.82) is 0 Å². The molecule has 0 bridgehead atoms. The lowest BCUT2D eigenvalue weighted by Gasteiger charge is -2.30. The Labute approximate surface area is 124 Å². The van der Waals surface area contributed by atoms with Gasteiger partial charge in [0.2, 0.25) is 5.91 Å². The fraction of sp³-hybridized carbons (Fsp3) is 0.571. The van der Waals surface area contributed by atoms with Crippen molar-refractivity contribution in [2.45, 2.75) is 11.9 Å². The number of carbonyl (C=O) groups is 1. The van der Waals surface area contributed by atoms with Crippen LogP contribution >= 0.6 is 11.8 Å². The molecule has 1 atom stereocenters. The lowest BCUT2D eigenvalue weighted by molar-refractivity contribution is -0.119. The van der Waals surface area contributed by atoms with Gasteiger partial charge in [0.15, 0.2) is 0 Å². The second-order valence-corrected chi connectivity index (χ2v) is 5.89. The summed E-state index contributed by atoms with van der Waals surface area (Å²) in [5.41, 5.74) is 1.19. The molecule has 1 amide bonds. The standard InChI is InChI=1S/C14H21N3O2S/c1-17-6-7-19-13(9-17)8-16-14(18)11-20-10-12-2-4-15-5-3-12/h2-5,13H,6-11H2,1H3,(H,16,18)/t13-/m0/s1. The maximum atomic E-state index is 11.7. The van der Waals surface area contributed by atoms with Gasteiger partial charge in [-0.1, -0.05) is 0 Å². The summed E-state index contributed by atoms with van der Waals surface area (Å²) < 4.78 is 5.60. The molecule has 0 unspecified atom stereocenters. The normalized spacial score (nSPS) is 19.8. The summed E-state index contributed by atoms with van der Waals surface area (Å²) in [7, 11) is 2.07. The van der Waals surface area contributed by atoms with Crippen molar-refractivity contribution in [1.82, 2.24) is 15.2 Å². The first-order chi connectivity index (χ1) is 9.74. The molecule has 1 aliphatic rings. The zero-order chi connectivity index (χ0) is 14.2. The van der Waals surface area contributed by atoms with Crippen molar-refractivity contribution in [3.8, 4) is 0 Å². The number of nitrogens with zero attached hydrogens (tertiary/aromatic N) is 2. The fourth-order valence-corrected chi connectivity index (χ4v) is 2.83. The Morgan fingerprint density at radius 2 is 2.35 bits per heavy atom. The number of morpholine rings is 1. The number of rotatable bonds is 6. The topological polar surface area (TPSA) is 54.5 Å². The van der Waals surface area contributed by atoms with Gasteiger partial charge in [-0.2, -0.15) is 0 Å². The lowest BCUT2D eigenvalue weighted by atomic mass is 10.3. The van der Waals surface area contributed by atoms with E-state index in [9.17, 15) is 4.79 Å². The van der Waals surface area contributed by atoms with Gasteiger partial charge in [0.05, 0.1) is 18.5 Å². The second kappa shape index (κ2) is 8.24. The maximum absolute atomic E-state index is 11.7. The van der Waals surface area contributed by atoms with Crippen LogP contribution in [0.2, 0.25) is 0 Å². The van der Waals surface area contributed by atoms with E-state index in [0.29, 0.717) is 12.3 Å². The highest BCUT2D eigenvalue weighted by molar-refractivity contribution is 7.99. The van der Waals surface area contributed by atoms with Crippen LogP contribution < -0.4 is 5.32 Å². The third kappa shape index (κ3) is 5.48. The maximum Gasteiger partial charge on any atom is 0.230 e. The molecule has 110 valence electrons. The molecule has 0 radical (unpaired) electrons. The zero-order valence-corrected chi connectivity index (χ0v) is 12.6. The average molecular weight is 295 g/mol. The van der Waals surface area contributed by atoms with Gasteiger partial charge in [0, 0.05) is 37.8 Å². The summed E-state index contributed by atoms with van der Waals surface area (Å²) in [6.45, 7) is 3.18. The van der Waals surface area contributed by atoms with E-state index in [1.165, 1.54) is 5.56 Å². The van der Waals surface area contributed by atoms with Crippen LogP contribution in [0.15, 0.2) is 24.5 Å². The van der Waals surface area contributed by atoms with Crippen molar-refractivity contribution in [3.63, 3.8) is 0 Å². The number of likely N-dealkylation sites (N-methyl/N-ethyl adjacent to an activating group) is 1. The molecule has 1 saturated heterocycles. The Hall–Kier alpha value is -1.11. The molecular weight excluding hydrogens is 274 g/mol. The van der Waals surface area contributed by atoms with Crippen molar-refractivity contribution < 1.29 is 9.53 Å². The highest BCUT2D eigenvalue weighted by Gasteiger charge is 2.17. The third-order valence-electron chi connectivity index (χ3n) is 3.12. The monoisotopic (exact) mass is 295 g/mol. The van der Waals surface area contributed by atoms with E-state index >= 15 is 0 Å². The summed E-state index contributed by atoms with van der Waals surface area (Å²) in [6.07, 6.45) is 3.66. The lowest BCUT2D eigenvalue weighted by Crippen LogP contribution is -2.46. The van der Waals surface area contributed by atoms with Gasteiger partial charge in [-0.15, -0.1) is 11.8 Å². The molecule has 1 aromatic heterocycles. The van der Waals surface area contributed by atoms with Crippen LogP contribution in [0.3, 0.4) is 0 Å². The summed E-state index contributed by atoms with van der Waals surface area (Å²) >= 11 is 1.61. The fourth-order valence-electron chi connectivity index (χ4n) is 2.01. The van der Waals surface area contributed by atoms with Crippen molar-refractivity contribution in [2.24, 2.45) is 0 Å². The predicted octanol–water partition coefficient (Wildman–Crippen LogP) is 0.762. The summed E-state index contributed by atoms with van der Waals surface area (Å²) in [5, 5.41) is 2.94. The number of amides is 1. The summed E-state index contributed by atoms with van der Waals surface area (Å²) in [5.74, 6) is 1.38. The number of ether oxygens (including phenoxy) is 1. The molecule has 0 spiro atoms. The van der Waals surface area contributed by atoms with Gasteiger partial charge in [0.1, 0.15) is 0 Å². The summed E-state index contributed by atoms with van der Waals surface area (Å²) in [6, 6.07) is 3.94. The minimum absolute atomic E-state index is 0.0703. The molecule has 2 rings (SSSR count). The highest BCUT2D eigenvalue weighted by Crippen LogP contribution is 2.10. The average Bonchev–Trinajstić information content (AvgIpc) is 2.46. The number of carbonyl (C=O) groups excluding carboxylic acids is 1. The number of hydrogen-bond donors (Lipinski definition) is 1. The smallest absolute Gasteiger partial charge is 0.230 e. The van der Waals surface area contributed by atoms with Crippen LogP contribution in [0.1, 0.15) is 5.56 Å². The molecule has 1 fully saturated rings. The van der Waals surface area contributed by atoms with E-state index in [1.807, 2.05) is 12.1 Å². The molecule has 1 aliphatic heterocycles. The Kier molecular flexibility index (Phi) is 6.29. The number of nitrogens with one attached hydrogen (secondary N) is 1. The molecule has 2 heterocycles. The van der Waals surface area contributed by atoms with Gasteiger partial charge in [-0.3, -0.25) is 9.78 Å². The van der Waals surface area contributed by atoms with Crippen molar-refractivity contribution in [3.05, 3.63) is 30.1 Å². The molecule has 0 aromatic carbocycles. The molecule has 6 heteroatoms. The first-order valence-electron chi connectivity index (χ1n) is 6.77. The van der Waals surface area contributed by atoms with Gasteiger partial charge in [0.25, 0.3) is 0 Å². The molecule has 5 nitrogen and oxygen atoms in total. The van der Waals surface area contributed by atoms with Crippen LogP contribution in [-0.4, -0.2) is 60.9 Å². The molecule has 0 aliphatic carbocycles. The Morgan fingerprint density at radius 3 is 3.10 bits per heavy atom. The number of pyridine rings is 1. The predicted molar refractivity (Wildman–Crippen MR) is 80.6 cm³/mol. The Balaban J connectivity index is 1.58. The largest absolute Gasteiger partial charge is 0.374 e. The van der Waals surface area contributed by atoms with Crippen molar-refractivity contribution >= 4 is 17.7 Å². The highest BCUT2D eigenvalue weighted by atomic mass is 32.2. The van der Waals surface area contributed by atoms with Gasteiger partial charge >= 0.3 is 0 Å². The molecule has 1 N–H and O–H groups in total. The Bertz CT molecular complexity index is 416. The number of aromatic nitrogens is 1. The minimum Gasteiger partial charge on any atom is -0.374 e. The van der Waals surface area contributed by atoms with Crippen LogP contribution in [0.5, 0.6) is 0 Å². The van der Waals surface area contributed by atoms with Crippen LogP contribution in [0.25, 0.3) is 0 Å². The molecular formula is C14H21N3O2S. The first-order valence-corrected chi connectivity index (χ1v) is 7.93.